The summed E-state index contributed by atoms with van der Waals surface area (Å²) in [6.07, 6.45) is 4.91. The number of likely N-dealkylation sites (tertiary alicyclic amines) is 1. The van der Waals surface area contributed by atoms with E-state index in [9.17, 15) is 0 Å². The zero-order valence-corrected chi connectivity index (χ0v) is 9.26. The fraction of sp³-hybridized carbons (Fsp3) is 0.583. The molecule has 0 aliphatic carbocycles. The van der Waals surface area contributed by atoms with Gasteiger partial charge in [0.15, 0.2) is 0 Å². The molecule has 2 unspecified atom stereocenters. The molecule has 2 rings (SSSR count). The summed E-state index contributed by atoms with van der Waals surface area (Å²) < 4.78 is 0. The summed E-state index contributed by atoms with van der Waals surface area (Å²) in [4.78, 5) is 6.56. The van der Waals surface area contributed by atoms with Gasteiger partial charge in [-0.3, -0.25) is 9.88 Å². The van der Waals surface area contributed by atoms with Crippen LogP contribution in [0.1, 0.15) is 18.9 Å². The van der Waals surface area contributed by atoms with E-state index in [2.05, 4.69) is 22.9 Å². The standard InChI is InChI=1S/C12H19N3/c1-10-5-12(13)9-15(7-10)8-11-3-2-4-14-6-11/h2-4,6,10,12H,5,7-9,13H2,1H3. The fourth-order valence-corrected chi connectivity index (χ4v) is 2.39. The third-order valence-corrected chi connectivity index (χ3v) is 2.90. The van der Waals surface area contributed by atoms with Gasteiger partial charge in [0, 0.05) is 38.1 Å². The van der Waals surface area contributed by atoms with Crippen LogP contribution in [0.3, 0.4) is 0 Å². The molecule has 1 saturated heterocycles. The second kappa shape index (κ2) is 4.73. The van der Waals surface area contributed by atoms with Gasteiger partial charge in [-0.1, -0.05) is 13.0 Å². The van der Waals surface area contributed by atoms with Crippen LogP contribution in [0.4, 0.5) is 0 Å². The molecule has 3 heteroatoms. The van der Waals surface area contributed by atoms with Gasteiger partial charge in [-0.15, -0.1) is 0 Å². The Morgan fingerprint density at radius 3 is 3.07 bits per heavy atom. The quantitative estimate of drug-likeness (QED) is 0.790. The first kappa shape index (κ1) is 10.6. The van der Waals surface area contributed by atoms with Gasteiger partial charge in [0.25, 0.3) is 0 Å². The first-order valence-electron chi connectivity index (χ1n) is 5.61. The van der Waals surface area contributed by atoms with Crippen LogP contribution in [0.5, 0.6) is 0 Å². The molecule has 0 spiro atoms. The summed E-state index contributed by atoms with van der Waals surface area (Å²) in [5.74, 6) is 0.713. The van der Waals surface area contributed by atoms with Gasteiger partial charge >= 0.3 is 0 Å². The van der Waals surface area contributed by atoms with E-state index in [1.54, 1.807) is 0 Å². The van der Waals surface area contributed by atoms with E-state index >= 15 is 0 Å². The van der Waals surface area contributed by atoms with Crippen molar-refractivity contribution in [2.24, 2.45) is 11.7 Å². The molecule has 2 heterocycles. The lowest BCUT2D eigenvalue weighted by Gasteiger charge is -2.34. The molecule has 0 aromatic carbocycles. The smallest absolute Gasteiger partial charge is 0.0312 e. The van der Waals surface area contributed by atoms with Crippen molar-refractivity contribution >= 4 is 0 Å². The number of aromatic nitrogens is 1. The topological polar surface area (TPSA) is 42.1 Å². The number of nitrogens with two attached hydrogens (primary N) is 1. The predicted octanol–water partition coefficient (Wildman–Crippen LogP) is 1.25. The Kier molecular flexibility index (Phi) is 3.34. The van der Waals surface area contributed by atoms with Crippen LogP contribution in [0.25, 0.3) is 0 Å². The minimum atomic E-state index is 0.338. The summed E-state index contributed by atoms with van der Waals surface area (Å²) in [7, 11) is 0. The van der Waals surface area contributed by atoms with Crippen molar-refractivity contribution in [2.45, 2.75) is 25.9 Å². The highest BCUT2D eigenvalue weighted by atomic mass is 15.1. The molecule has 1 aromatic rings. The maximum Gasteiger partial charge on any atom is 0.0312 e. The van der Waals surface area contributed by atoms with Gasteiger partial charge in [-0.2, -0.15) is 0 Å². The van der Waals surface area contributed by atoms with Crippen molar-refractivity contribution in [2.75, 3.05) is 13.1 Å². The highest BCUT2D eigenvalue weighted by molar-refractivity contribution is 5.08. The lowest BCUT2D eigenvalue weighted by atomic mass is 9.96. The Morgan fingerprint density at radius 1 is 1.53 bits per heavy atom. The molecule has 15 heavy (non-hydrogen) atoms. The molecule has 1 aliphatic heterocycles. The van der Waals surface area contributed by atoms with Crippen molar-refractivity contribution in [3.63, 3.8) is 0 Å². The highest BCUT2D eigenvalue weighted by Gasteiger charge is 2.21. The number of hydrogen-bond acceptors (Lipinski definition) is 3. The second-order valence-electron chi connectivity index (χ2n) is 4.66. The van der Waals surface area contributed by atoms with E-state index in [-0.39, 0.29) is 0 Å². The first-order chi connectivity index (χ1) is 7.24. The average Bonchev–Trinajstić information content (AvgIpc) is 2.17. The monoisotopic (exact) mass is 205 g/mol. The van der Waals surface area contributed by atoms with Gasteiger partial charge in [0.05, 0.1) is 0 Å². The molecule has 3 nitrogen and oxygen atoms in total. The third kappa shape index (κ3) is 3.01. The molecule has 0 saturated carbocycles. The van der Waals surface area contributed by atoms with Crippen LogP contribution in [0.15, 0.2) is 24.5 Å². The van der Waals surface area contributed by atoms with E-state index < -0.39 is 0 Å². The van der Waals surface area contributed by atoms with E-state index in [0.717, 1.165) is 26.1 Å². The molecular formula is C12H19N3. The Balaban J connectivity index is 1.94. The maximum absolute atomic E-state index is 6.01. The summed E-state index contributed by atoms with van der Waals surface area (Å²) in [6, 6.07) is 4.45. The summed E-state index contributed by atoms with van der Waals surface area (Å²) in [5, 5.41) is 0. The van der Waals surface area contributed by atoms with E-state index in [0.29, 0.717) is 12.0 Å². The van der Waals surface area contributed by atoms with Gasteiger partial charge in [-0.25, -0.2) is 0 Å². The number of rotatable bonds is 2. The van der Waals surface area contributed by atoms with Gasteiger partial charge in [0.2, 0.25) is 0 Å². The molecule has 1 fully saturated rings. The number of nitrogens with zero attached hydrogens (tertiary/aromatic N) is 2. The molecule has 1 aromatic heterocycles. The second-order valence-corrected chi connectivity index (χ2v) is 4.66. The molecule has 0 bridgehead atoms. The molecule has 0 amide bonds. The zero-order valence-electron chi connectivity index (χ0n) is 9.26. The largest absolute Gasteiger partial charge is 0.327 e. The molecule has 1 aliphatic rings. The Morgan fingerprint density at radius 2 is 2.40 bits per heavy atom. The number of piperidine rings is 1. The summed E-state index contributed by atoms with van der Waals surface area (Å²) in [5.41, 5.74) is 7.29. The van der Waals surface area contributed by atoms with Gasteiger partial charge in [0.1, 0.15) is 0 Å². The summed E-state index contributed by atoms with van der Waals surface area (Å²) >= 11 is 0. The van der Waals surface area contributed by atoms with Gasteiger partial charge in [-0.05, 0) is 24.0 Å². The van der Waals surface area contributed by atoms with E-state index in [1.165, 1.54) is 5.56 Å². The SMILES string of the molecule is CC1CC(N)CN(Cc2cccnc2)C1. The van der Waals surface area contributed by atoms with Crippen LogP contribution < -0.4 is 5.73 Å². The molecular weight excluding hydrogens is 186 g/mol. The minimum absolute atomic E-state index is 0.338. The van der Waals surface area contributed by atoms with Crippen molar-refractivity contribution < 1.29 is 0 Å². The van der Waals surface area contributed by atoms with E-state index in [4.69, 9.17) is 5.73 Å². The molecule has 0 radical (unpaired) electrons. The third-order valence-electron chi connectivity index (χ3n) is 2.90. The zero-order chi connectivity index (χ0) is 10.7. The number of hydrogen-bond donors (Lipinski definition) is 1. The van der Waals surface area contributed by atoms with Crippen LogP contribution >= 0.6 is 0 Å². The van der Waals surface area contributed by atoms with Crippen LogP contribution in [-0.2, 0) is 6.54 Å². The van der Waals surface area contributed by atoms with Crippen LogP contribution in [-0.4, -0.2) is 29.0 Å². The predicted molar refractivity (Wildman–Crippen MR) is 61.3 cm³/mol. The first-order valence-corrected chi connectivity index (χ1v) is 5.61. The van der Waals surface area contributed by atoms with Crippen molar-refractivity contribution in [1.29, 1.82) is 0 Å². The normalized spacial score (nSPS) is 27.9. The molecule has 2 atom stereocenters. The molecule has 82 valence electrons. The minimum Gasteiger partial charge on any atom is -0.327 e. The maximum atomic E-state index is 6.01. The Bertz CT molecular complexity index is 289. The Labute approximate surface area is 91.3 Å². The average molecular weight is 205 g/mol. The Hall–Kier alpha value is -0.930. The van der Waals surface area contributed by atoms with Gasteiger partial charge < -0.3 is 5.73 Å². The fourth-order valence-electron chi connectivity index (χ4n) is 2.39. The highest BCUT2D eigenvalue weighted by Crippen LogP contribution is 2.16. The lowest BCUT2D eigenvalue weighted by molar-refractivity contribution is 0.158. The van der Waals surface area contributed by atoms with Crippen LogP contribution in [0.2, 0.25) is 0 Å². The van der Waals surface area contributed by atoms with E-state index in [1.807, 2.05) is 18.5 Å². The van der Waals surface area contributed by atoms with Crippen molar-refractivity contribution in [1.82, 2.24) is 9.88 Å². The van der Waals surface area contributed by atoms with Crippen molar-refractivity contribution in [3.05, 3.63) is 30.1 Å². The molecule has 2 N–H and O–H groups in total. The summed E-state index contributed by atoms with van der Waals surface area (Å²) in [6.45, 7) is 5.42. The number of pyridine rings is 1. The lowest BCUT2D eigenvalue weighted by Crippen LogP contribution is -2.45. The van der Waals surface area contributed by atoms with Crippen LogP contribution in [0, 0.1) is 5.92 Å². The van der Waals surface area contributed by atoms with Crippen molar-refractivity contribution in [3.8, 4) is 0 Å².